The zero-order valence-corrected chi connectivity index (χ0v) is 15.5. The number of carbonyl (C=O) groups is 2. The van der Waals surface area contributed by atoms with Gasteiger partial charge in [0.15, 0.2) is 0 Å². The van der Waals surface area contributed by atoms with Gasteiger partial charge in [-0.1, -0.05) is 18.9 Å². The number of carbonyl (C=O) groups excluding carboxylic acids is 1. The van der Waals surface area contributed by atoms with Gasteiger partial charge in [-0.2, -0.15) is 10.2 Å². The van der Waals surface area contributed by atoms with Gasteiger partial charge in [0.05, 0.1) is 23.6 Å². The molecule has 1 amide bonds. The van der Waals surface area contributed by atoms with E-state index in [4.69, 9.17) is 0 Å². The van der Waals surface area contributed by atoms with Gasteiger partial charge in [0.1, 0.15) is 11.3 Å². The number of nitrogens with zero attached hydrogens (tertiary/aromatic N) is 4. The molecule has 0 bridgehead atoms. The molecular weight excluding hydrogens is 358 g/mol. The van der Waals surface area contributed by atoms with Gasteiger partial charge in [-0.15, -0.1) is 0 Å². The number of aromatic carboxylic acids is 1. The third-order valence-corrected chi connectivity index (χ3v) is 5.16. The molecule has 0 aliphatic heterocycles. The first kappa shape index (κ1) is 18.0. The maximum absolute atomic E-state index is 12.8. The molecule has 2 N–H and O–H groups in total. The van der Waals surface area contributed by atoms with Crippen LogP contribution >= 0.6 is 0 Å². The zero-order valence-electron chi connectivity index (χ0n) is 15.5. The van der Waals surface area contributed by atoms with Gasteiger partial charge in [-0.05, 0) is 44.0 Å². The normalized spacial score (nSPS) is 14.3. The predicted octanol–water partition coefficient (Wildman–Crippen LogP) is 3.44. The highest BCUT2D eigenvalue weighted by molar-refractivity contribution is 6.03. The summed E-state index contributed by atoms with van der Waals surface area (Å²) in [7, 11) is 0. The van der Waals surface area contributed by atoms with E-state index in [1.807, 2.05) is 10.7 Å². The lowest BCUT2D eigenvalue weighted by molar-refractivity contribution is 0.0696. The molecule has 2 heterocycles. The maximum Gasteiger partial charge on any atom is 0.339 e. The Balaban J connectivity index is 1.57. The molecular formula is C20H21N5O3. The zero-order chi connectivity index (χ0) is 19.7. The molecule has 8 heteroatoms. The lowest BCUT2D eigenvalue weighted by Gasteiger charge is -2.14. The van der Waals surface area contributed by atoms with E-state index < -0.39 is 5.97 Å². The van der Waals surface area contributed by atoms with Crippen LogP contribution in [0, 0.1) is 6.92 Å². The third-order valence-electron chi connectivity index (χ3n) is 5.16. The smallest absolute Gasteiger partial charge is 0.339 e. The molecule has 1 aliphatic rings. The van der Waals surface area contributed by atoms with E-state index in [1.54, 1.807) is 42.1 Å². The lowest BCUT2D eigenvalue weighted by Crippen LogP contribution is -2.20. The predicted molar refractivity (Wildman–Crippen MR) is 103 cm³/mol. The Kier molecular flexibility index (Phi) is 4.68. The molecule has 0 atom stereocenters. The highest BCUT2D eigenvalue weighted by atomic mass is 16.4. The number of amides is 1. The number of carboxylic acid groups (broad SMARTS) is 1. The number of carboxylic acids is 1. The van der Waals surface area contributed by atoms with Crippen molar-refractivity contribution in [3.8, 4) is 5.69 Å². The van der Waals surface area contributed by atoms with Crippen molar-refractivity contribution in [2.45, 2.75) is 38.6 Å². The first-order valence-electron chi connectivity index (χ1n) is 9.28. The number of nitrogens with one attached hydrogen (secondary N) is 1. The first-order valence-corrected chi connectivity index (χ1v) is 9.28. The van der Waals surface area contributed by atoms with Gasteiger partial charge in [0.2, 0.25) is 0 Å². The summed E-state index contributed by atoms with van der Waals surface area (Å²) in [5.41, 5.74) is 2.49. The van der Waals surface area contributed by atoms with E-state index in [0.717, 1.165) is 25.7 Å². The number of benzene rings is 1. The minimum atomic E-state index is -1.02. The molecule has 1 fully saturated rings. The van der Waals surface area contributed by atoms with Crippen LogP contribution < -0.4 is 5.32 Å². The molecule has 8 nitrogen and oxygen atoms in total. The van der Waals surface area contributed by atoms with Gasteiger partial charge in [-0.3, -0.25) is 9.48 Å². The Hall–Kier alpha value is -3.42. The van der Waals surface area contributed by atoms with Gasteiger partial charge in [0.25, 0.3) is 5.91 Å². The fraction of sp³-hybridized carbons (Fsp3) is 0.300. The molecule has 28 heavy (non-hydrogen) atoms. The van der Waals surface area contributed by atoms with Crippen LogP contribution in [-0.4, -0.2) is 36.5 Å². The second kappa shape index (κ2) is 7.30. The van der Waals surface area contributed by atoms with Crippen molar-refractivity contribution in [1.82, 2.24) is 19.6 Å². The second-order valence-corrected chi connectivity index (χ2v) is 6.96. The Morgan fingerprint density at radius 3 is 2.68 bits per heavy atom. The topological polar surface area (TPSA) is 102 Å². The Morgan fingerprint density at radius 1 is 1.18 bits per heavy atom. The molecule has 0 spiro atoms. The Labute approximate surface area is 161 Å². The Morgan fingerprint density at radius 2 is 1.96 bits per heavy atom. The number of hydrogen-bond donors (Lipinski definition) is 2. The molecule has 2 aromatic heterocycles. The monoisotopic (exact) mass is 379 g/mol. The van der Waals surface area contributed by atoms with Gasteiger partial charge < -0.3 is 10.4 Å². The molecule has 1 aromatic carbocycles. The summed E-state index contributed by atoms with van der Waals surface area (Å²) in [6, 6.07) is 9.16. The van der Waals surface area contributed by atoms with E-state index in [9.17, 15) is 14.7 Å². The van der Waals surface area contributed by atoms with Gasteiger partial charge >= 0.3 is 5.97 Å². The molecule has 1 saturated carbocycles. The van der Waals surface area contributed by atoms with Crippen molar-refractivity contribution in [2.24, 2.45) is 0 Å². The van der Waals surface area contributed by atoms with Crippen LogP contribution in [0.3, 0.4) is 0 Å². The van der Waals surface area contributed by atoms with Crippen molar-refractivity contribution >= 4 is 17.6 Å². The van der Waals surface area contributed by atoms with Crippen LogP contribution in [-0.2, 0) is 0 Å². The number of aromatic nitrogens is 4. The van der Waals surface area contributed by atoms with Gasteiger partial charge in [0, 0.05) is 11.9 Å². The van der Waals surface area contributed by atoms with Gasteiger partial charge in [-0.25, -0.2) is 9.48 Å². The van der Waals surface area contributed by atoms with E-state index in [0.29, 0.717) is 22.8 Å². The number of rotatable bonds is 5. The quantitative estimate of drug-likeness (QED) is 0.707. The highest BCUT2D eigenvalue weighted by Gasteiger charge is 2.23. The SMILES string of the molecule is Cc1c(C(=O)O)cnn1-c1cccc(NC(=O)c2ccnn2C2CCCC2)c1. The second-order valence-electron chi connectivity index (χ2n) is 6.96. The average molecular weight is 379 g/mol. The van der Waals surface area contributed by atoms with Crippen molar-refractivity contribution < 1.29 is 14.7 Å². The summed E-state index contributed by atoms with van der Waals surface area (Å²) in [4.78, 5) is 24.0. The number of hydrogen-bond acceptors (Lipinski definition) is 4. The van der Waals surface area contributed by atoms with Crippen molar-refractivity contribution in [3.05, 3.63) is 59.7 Å². The fourth-order valence-electron chi connectivity index (χ4n) is 3.72. The van der Waals surface area contributed by atoms with E-state index in [2.05, 4.69) is 15.5 Å². The molecule has 3 aromatic rings. The largest absolute Gasteiger partial charge is 0.478 e. The van der Waals surface area contributed by atoms with Crippen LogP contribution in [0.25, 0.3) is 5.69 Å². The van der Waals surface area contributed by atoms with E-state index in [-0.39, 0.29) is 17.5 Å². The van der Waals surface area contributed by atoms with Crippen molar-refractivity contribution in [1.29, 1.82) is 0 Å². The summed E-state index contributed by atoms with van der Waals surface area (Å²) in [6.07, 6.45) is 7.39. The van der Waals surface area contributed by atoms with Crippen LogP contribution in [0.15, 0.2) is 42.7 Å². The summed E-state index contributed by atoms with van der Waals surface area (Å²) < 4.78 is 3.37. The minimum absolute atomic E-state index is 0.148. The third kappa shape index (κ3) is 3.28. The van der Waals surface area contributed by atoms with Crippen LogP contribution in [0.1, 0.15) is 58.3 Å². The average Bonchev–Trinajstić information content (AvgIpc) is 3.41. The van der Waals surface area contributed by atoms with Crippen LogP contribution in [0.2, 0.25) is 0 Å². The maximum atomic E-state index is 12.8. The molecule has 0 unspecified atom stereocenters. The van der Waals surface area contributed by atoms with Crippen molar-refractivity contribution in [3.63, 3.8) is 0 Å². The summed E-state index contributed by atoms with van der Waals surface area (Å²) in [5, 5.41) is 20.6. The van der Waals surface area contributed by atoms with Crippen LogP contribution in [0.5, 0.6) is 0 Å². The lowest BCUT2D eigenvalue weighted by atomic mass is 10.2. The molecule has 4 rings (SSSR count). The summed E-state index contributed by atoms with van der Waals surface area (Å²) >= 11 is 0. The van der Waals surface area contributed by atoms with Crippen molar-refractivity contribution in [2.75, 3.05) is 5.32 Å². The Bertz CT molecular complexity index is 1030. The first-order chi connectivity index (χ1) is 13.5. The highest BCUT2D eigenvalue weighted by Crippen LogP contribution is 2.30. The fourth-order valence-corrected chi connectivity index (χ4v) is 3.72. The molecule has 1 aliphatic carbocycles. The minimum Gasteiger partial charge on any atom is -0.478 e. The van der Waals surface area contributed by atoms with E-state index in [1.165, 1.54) is 6.20 Å². The van der Waals surface area contributed by atoms with E-state index >= 15 is 0 Å². The molecule has 144 valence electrons. The van der Waals surface area contributed by atoms with Crippen LogP contribution in [0.4, 0.5) is 5.69 Å². The molecule has 0 saturated heterocycles. The molecule has 0 radical (unpaired) electrons. The summed E-state index contributed by atoms with van der Waals surface area (Å²) in [6.45, 7) is 1.70. The number of anilines is 1. The summed E-state index contributed by atoms with van der Waals surface area (Å²) in [5.74, 6) is -1.24. The standard InChI is InChI=1S/C20H21N5O3/c1-13-17(20(27)28)12-22-24(13)16-8-4-5-14(11-16)23-19(26)18-9-10-21-25(18)15-6-2-3-7-15/h4-5,8-12,15H,2-3,6-7H2,1H3,(H,23,26)(H,27,28).